The topological polar surface area (TPSA) is 46.5 Å². The smallest absolute Gasteiger partial charge is 0.133 e. The van der Waals surface area contributed by atoms with Crippen molar-refractivity contribution in [3.63, 3.8) is 0 Å². The van der Waals surface area contributed by atoms with Crippen molar-refractivity contribution in [3.8, 4) is 5.75 Å². The number of carbonyl (C=O) groups is 1. The lowest BCUT2D eigenvalue weighted by atomic mass is 9.98. The molecular weight excluding hydrogens is 284 g/mol. The Morgan fingerprint density at radius 3 is 2.53 bits per heavy atom. The first-order valence-corrected chi connectivity index (χ1v) is 6.42. The van der Waals surface area contributed by atoms with Gasteiger partial charge < -0.3 is 9.84 Å². The Kier molecular flexibility index (Phi) is 6.22. The third kappa shape index (κ3) is 5.33. The highest BCUT2D eigenvalue weighted by molar-refractivity contribution is 9.10. The van der Waals surface area contributed by atoms with Crippen LogP contribution in [0.3, 0.4) is 0 Å². The van der Waals surface area contributed by atoms with Gasteiger partial charge in [-0.3, -0.25) is 4.79 Å². The number of hydrogen-bond acceptors (Lipinski definition) is 3. The fourth-order valence-electron chi connectivity index (χ4n) is 1.56. The molecule has 0 aliphatic rings. The van der Waals surface area contributed by atoms with E-state index in [0.717, 1.165) is 10.2 Å². The summed E-state index contributed by atoms with van der Waals surface area (Å²) in [6.45, 7) is 2.09. The van der Waals surface area contributed by atoms with Crippen LogP contribution in [0.1, 0.15) is 19.8 Å². The minimum absolute atomic E-state index is 0.0442. The number of hydrogen-bond donors (Lipinski definition) is 1. The Hall–Kier alpha value is -0.870. The van der Waals surface area contributed by atoms with Crippen molar-refractivity contribution >= 4 is 21.7 Å². The highest BCUT2D eigenvalue weighted by atomic mass is 79.9. The Morgan fingerprint density at radius 1 is 1.35 bits per heavy atom. The fourth-order valence-corrected chi connectivity index (χ4v) is 1.82. The van der Waals surface area contributed by atoms with Crippen LogP contribution in [-0.4, -0.2) is 24.1 Å². The average molecular weight is 301 g/mol. The number of benzene rings is 1. The molecule has 0 spiro atoms. The van der Waals surface area contributed by atoms with Crippen LogP contribution < -0.4 is 4.74 Å². The lowest BCUT2D eigenvalue weighted by Gasteiger charge is -2.13. The van der Waals surface area contributed by atoms with Crippen LogP contribution in [0.15, 0.2) is 28.7 Å². The second-order valence-electron chi connectivity index (χ2n) is 3.91. The Labute approximate surface area is 110 Å². The second kappa shape index (κ2) is 7.45. The van der Waals surface area contributed by atoms with E-state index in [0.29, 0.717) is 19.4 Å². The monoisotopic (exact) mass is 300 g/mol. The van der Waals surface area contributed by atoms with Crippen LogP contribution in [0.5, 0.6) is 5.75 Å². The molecule has 0 saturated carbocycles. The summed E-state index contributed by atoms with van der Waals surface area (Å²) in [4.78, 5) is 11.2. The summed E-state index contributed by atoms with van der Waals surface area (Å²) in [7, 11) is 0. The molecular formula is C13H17BrO3. The van der Waals surface area contributed by atoms with Crippen LogP contribution >= 0.6 is 15.9 Å². The van der Waals surface area contributed by atoms with Gasteiger partial charge in [0, 0.05) is 17.0 Å². The van der Waals surface area contributed by atoms with Crippen LogP contribution in [0.2, 0.25) is 0 Å². The summed E-state index contributed by atoms with van der Waals surface area (Å²) < 4.78 is 6.54. The van der Waals surface area contributed by atoms with E-state index in [9.17, 15) is 4.79 Å². The zero-order valence-corrected chi connectivity index (χ0v) is 11.4. The zero-order chi connectivity index (χ0) is 12.7. The lowest BCUT2D eigenvalue weighted by Crippen LogP contribution is -2.16. The quantitative estimate of drug-likeness (QED) is 0.842. The molecule has 0 aliphatic heterocycles. The van der Waals surface area contributed by atoms with Gasteiger partial charge >= 0.3 is 0 Å². The van der Waals surface area contributed by atoms with Gasteiger partial charge in [0.2, 0.25) is 0 Å². The molecule has 0 fully saturated rings. The molecule has 0 heterocycles. The van der Waals surface area contributed by atoms with Crippen molar-refractivity contribution in [1.29, 1.82) is 0 Å². The van der Waals surface area contributed by atoms with E-state index in [-0.39, 0.29) is 18.3 Å². The molecule has 17 heavy (non-hydrogen) atoms. The number of ketones is 1. The second-order valence-corrected chi connectivity index (χ2v) is 4.83. The molecule has 1 aromatic carbocycles. The van der Waals surface area contributed by atoms with Gasteiger partial charge in [-0.2, -0.15) is 0 Å². The molecule has 0 radical (unpaired) electrons. The number of ether oxygens (including phenoxy) is 1. The number of rotatable bonds is 7. The highest BCUT2D eigenvalue weighted by Crippen LogP contribution is 2.17. The van der Waals surface area contributed by atoms with Gasteiger partial charge in [0.05, 0.1) is 6.61 Å². The van der Waals surface area contributed by atoms with Crippen molar-refractivity contribution in [1.82, 2.24) is 0 Å². The molecule has 1 rings (SSSR count). The van der Waals surface area contributed by atoms with Crippen LogP contribution in [-0.2, 0) is 4.79 Å². The molecule has 0 aromatic heterocycles. The van der Waals surface area contributed by atoms with E-state index in [1.165, 1.54) is 0 Å². The molecule has 0 bridgehead atoms. The third-order valence-electron chi connectivity index (χ3n) is 2.60. The molecule has 0 saturated heterocycles. The first kappa shape index (κ1) is 14.2. The Morgan fingerprint density at radius 2 is 2.00 bits per heavy atom. The fraction of sp³-hybridized carbons (Fsp3) is 0.462. The number of carbonyl (C=O) groups excluding carboxylic acids is 1. The number of aliphatic hydroxyl groups is 1. The average Bonchev–Trinajstić information content (AvgIpc) is 2.30. The zero-order valence-electron chi connectivity index (χ0n) is 9.86. The minimum atomic E-state index is -0.101. The van der Waals surface area contributed by atoms with Crippen molar-refractivity contribution in [2.75, 3.05) is 13.2 Å². The minimum Gasteiger partial charge on any atom is -0.494 e. The molecule has 1 atom stereocenters. The molecule has 3 nitrogen and oxygen atoms in total. The highest BCUT2D eigenvalue weighted by Gasteiger charge is 2.13. The molecule has 1 unspecified atom stereocenters. The largest absolute Gasteiger partial charge is 0.494 e. The Bertz CT molecular complexity index is 348. The van der Waals surface area contributed by atoms with Gasteiger partial charge in [-0.25, -0.2) is 0 Å². The molecule has 94 valence electrons. The Balaban J connectivity index is 2.35. The lowest BCUT2D eigenvalue weighted by molar-refractivity contribution is -0.121. The van der Waals surface area contributed by atoms with Crippen molar-refractivity contribution in [2.24, 2.45) is 5.92 Å². The summed E-state index contributed by atoms with van der Waals surface area (Å²) >= 11 is 3.35. The van der Waals surface area contributed by atoms with E-state index < -0.39 is 0 Å². The predicted octanol–water partition coefficient (Wildman–Crippen LogP) is 2.81. The van der Waals surface area contributed by atoms with Gasteiger partial charge in [-0.1, -0.05) is 15.9 Å². The van der Waals surface area contributed by atoms with Crippen molar-refractivity contribution < 1.29 is 14.6 Å². The first-order chi connectivity index (χ1) is 8.13. The summed E-state index contributed by atoms with van der Waals surface area (Å²) in [6, 6.07) is 7.56. The summed E-state index contributed by atoms with van der Waals surface area (Å²) in [5.74, 6) is 0.799. The van der Waals surface area contributed by atoms with Crippen molar-refractivity contribution in [2.45, 2.75) is 19.8 Å². The predicted molar refractivity (Wildman–Crippen MR) is 70.1 cm³/mol. The molecule has 1 aromatic rings. The van der Waals surface area contributed by atoms with E-state index >= 15 is 0 Å². The van der Waals surface area contributed by atoms with Gasteiger partial charge in [-0.15, -0.1) is 0 Å². The van der Waals surface area contributed by atoms with Crippen LogP contribution in [0, 0.1) is 5.92 Å². The molecule has 0 amide bonds. The molecule has 0 aliphatic carbocycles. The normalized spacial score (nSPS) is 12.2. The summed E-state index contributed by atoms with van der Waals surface area (Å²) in [6.07, 6.45) is 1.16. The summed E-state index contributed by atoms with van der Waals surface area (Å²) in [5, 5.41) is 8.83. The maximum atomic E-state index is 11.2. The molecule has 1 N–H and O–H groups in total. The van der Waals surface area contributed by atoms with E-state index in [1.807, 2.05) is 24.3 Å². The van der Waals surface area contributed by atoms with Gasteiger partial charge in [0.15, 0.2) is 0 Å². The molecule has 4 heteroatoms. The van der Waals surface area contributed by atoms with Gasteiger partial charge in [0.1, 0.15) is 11.5 Å². The summed E-state index contributed by atoms with van der Waals surface area (Å²) in [5.41, 5.74) is 0. The van der Waals surface area contributed by atoms with Crippen LogP contribution in [0.25, 0.3) is 0 Å². The van der Waals surface area contributed by atoms with Crippen LogP contribution in [0.4, 0.5) is 0 Å². The van der Waals surface area contributed by atoms with E-state index in [2.05, 4.69) is 15.9 Å². The van der Waals surface area contributed by atoms with E-state index in [1.54, 1.807) is 6.92 Å². The van der Waals surface area contributed by atoms with E-state index in [4.69, 9.17) is 9.84 Å². The number of halogens is 1. The van der Waals surface area contributed by atoms with Gasteiger partial charge in [-0.05, 0) is 44.0 Å². The maximum Gasteiger partial charge on any atom is 0.133 e. The SMILES string of the molecule is CC(=O)C(CCO)CCOc1ccc(Br)cc1. The maximum absolute atomic E-state index is 11.2. The number of Topliss-reactive ketones (excluding diaryl/α,β-unsaturated/α-hetero) is 1. The number of aliphatic hydroxyl groups excluding tert-OH is 1. The third-order valence-corrected chi connectivity index (χ3v) is 3.13. The van der Waals surface area contributed by atoms with Crippen molar-refractivity contribution in [3.05, 3.63) is 28.7 Å². The van der Waals surface area contributed by atoms with Gasteiger partial charge in [0.25, 0.3) is 0 Å². The standard InChI is InChI=1S/C13H17BrO3/c1-10(16)11(6-8-15)7-9-17-13-4-2-12(14)3-5-13/h2-5,11,15H,6-9H2,1H3. The first-order valence-electron chi connectivity index (χ1n) is 5.63.